The van der Waals surface area contributed by atoms with Crippen LogP contribution in [0.15, 0.2) is 0 Å². The summed E-state index contributed by atoms with van der Waals surface area (Å²) in [6.07, 6.45) is -2.89. The minimum atomic E-state index is -4.32. The van der Waals surface area contributed by atoms with Crippen molar-refractivity contribution in [2.45, 2.75) is 25.1 Å². The number of carbonyl (C=O) groups excluding carboxylic acids is 1. The fraction of sp³-hybridized carbons (Fsp3) is 0.929. The van der Waals surface area contributed by atoms with Gasteiger partial charge >= 0.3 is 6.18 Å². The summed E-state index contributed by atoms with van der Waals surface area (Å²) < 4.78 is 39.7. The molecule has 0 radical (unpaired) electrons. The summed E-state index contributed by atoms with van der Waals surface area (Å²) in [7, 11) is 1.98. The Morgan fingerprint density at radius 1 is 1.17 bits per heavy atom. The van der Waals surface area contributed by atoms with E-state index in [4.69, 9.17) is 0 Å². The smallest absolute Gasteiger partial charge is 0.354 e. The predicted molar refractivity (Wildman–Crippen MR) is 92.0 cm³/mol. The maximum absolute atomic E-state index is 13.2. The van der Waals surface area contributed by atoms with Crippen LogP contribution in [0.2, 0.25) is 0 Å². The van der Waals surface area contributed by atoms with Crippen LogP contribution < -0.4 is 10.6 Å². The number of hydrogen-bond acceptors (Lipinski definition) is 4. The second-order valence-corrected chi connectivity index (χ2v) is 6.17. The van der Waals surface area contributed by atoms with Crippen LogP contribution in [-0.4, -0.2) is 80.8 Å². The van der Waals surface area contributed by atoms with E-state index >= 15 is 0 Å². The summed E-state index contributed by atoms with van der Waals surface area (Å²) in [6.45, 7) is 3.10. The van der Waals surface area contributed by atoms with Crippen molar-refractivity contribution in [1.82, 2.24) is 20.4 Å². The fourth-order valence-corrected chi connectivity index (χ4v) is 3.06. The second kappa shape index (κ2) is 10.7. The molecule has 2 fully saturated rings. The molecule has 0 spiro atoms. The van der Waals surface area contributed by atoms with E-state index in [2.05, 4.69) is 15.5 Å². The Bertz CT molecular complexity index is 374. The van der Waals surface area contributed by atoms with Crippen molar-refractivity contribution in [2.75, 3.05) is 52.9 Å². The Balaban J connectivity index is 0.00000264. The molecule has 10 heteroatoms. The van der Waals surface area contributed by atoms with E-state index in [0.717, 1.165) is 13.1 Å². The zero-order valence-corrected chi connectivity index (χ0v) is 15.4. The number of likely N-dealkylation sites (tertiary alicyclic amines) is 1. The van der Waals surface area contributed by atoms with Crippen LogP contribution in [0, 0.1) is 5.92 Å². The maximum atomic E-state index is 13.2. The lowest BCUT2D eigenvalue weighted by molar-refractivity contribution is -0.184. The average molecular weight is 395 g/mol. The normalized spacial score (nSPS) is 22.2. The van der Waals surface area contributed by atoms with Gasteiger partial charge in [-0.3, -0.25) is 9.69 Å². The van der Waals surface area contributed by atoms with Gasteiger partial charge in [-0.2, -0.15) is 13.2 Å². The monoisotopic (exact) mass is 394 g/mol. The van der Waals surface area contributed by atoms with Crippen molar-refractivity contribution in [3.8, 4) is 0 Å². The molecule has 0 aromatic rings. The van der Waals surface area contributed by atoms with Crippen molar-refractivity contribution >= 4 is 30.7 Å². The van der Waals surface area contributed by atoms with Crippen LogP contribution >= 0.6 is 24.8 Å². The van der Waals surface area contributed by atoms with Gasteiger partial charge in [0.2, 0.25) is 5.91 Å². The molecule has 2 N–H and O–H groups in total. The highest BCUT2D eigenvalue weighted by atomic mass is 35.5. The number of alkyl halides is 3. The lowest BCUT2D eigenvalue weighted by atomic mass is 9.96. The van der Waals surface area contributed by atoms with Crippen molar-refractivity contribution < 1.29 is 18.0 Å². The minimum absolute atomic E-state index is 0. The van der Waals surface area contributed by atoms with Crippen molar-refractivity contribution in [3.63, 3.8) is 0 Å². The molecule has 0 aromatic heterocycles. The van der Waals surface area contributed by atoms with Gasteiger partial charge in [-0.25, -0.2) is 0 Å². The van der Waals surface area contributed by atoms with E-state index in [1.807, 2.05) is 7.05 Å². The highest BCUT2D eigenvalue weighted by Crippen LogP contribution is 2.25. The molecule has 0 aliphatic carbocycles. The van der Waals surface area contributed by atoms with E-state index in [1.54, 1.807) is 0 Å². The third-order valence-electron chi connectivity index (χ3n) is 4.53. The number of piperazine rings is 1. The lowest BCUT2D eigenvalue weighted by Crippen LogP contribution is -2.58. The first kappa shape index (κ1) is 23.7. The van der Waals surface area contributed by atoms with Gasteiger partial charge in [-0.1, -0.05) is 0 Å². The minimum Gasteiger partial charge on any atom is -0.354 e. The maximum Gasteiger partial charge on any atom is 0.405 e. The van der Waals surface area contributed by atoms with Gasteiger partial charge in [0.1, 0.15) is 6.04 Å². The highest BCUT2D eigenvalue weighted by molar-refractivity contribution is 5.85. The summed E-state index contributed by atoms with van der Waals surface area (Å²) in [4.78, 5) is 15.6. The zero-order chi connectivity index (χ0) is 16.2. The fourth-order valence-electron chi connectivity index (χ4n) is 3.06. The summed E-state index contributed by atoms with van der Waals surface area (Å²) in [6, 6.07) is -1.59. The Labute approximate surface area is 153 Å². The molecule has 2 rings (SSSR count). The molecule has 24 heavy (non-hydrogen) atoms. The molecule has 2 aliphatic rings. The standard InChI is InChI=1S/C14H25F3N4O.2ClH/c1-20-6-2-11(3-7-20)13(22)19-10-12(14(15,16)17)21-8-4-18-5-9-21;;/h11-12,18H,2-10H2,1H3,(H,19,22);2*1H. The molecule has 0 saturated carbocycles. The van der Waals surface area contributed by atoms with Crippen LogP contribution in [0.5, 0.6) is 0 Å². The van der Waals surface area contributed by atoms with Crippen LogP contribution in [0.25, 0.3) is 0 Å². The summed E-state index contributed by atoms with van der Waals surface area (Å²) >= 11 is 0. The summed E-state index contributed by atoms with van der Waals surface area (Å²) in [5.41, 5.74) is 0. The number of amides is 1. The topological polar surface area (TPSA) is 47.6 Å². The van der Waals surface area contributed by atoms with Gasteiger partial charge in [0, 0.05) is 38.6 Å². The number of rotatable bonds is 4. The van der Waals surface area contributed by atoms with Crippen molar-refractivity contribution in [2.24, 2.45) is 5.92 Å². The van der Waals surface area contributed by atoms with Crippen molar-refractivity contribution in [3.05, 3.63) is 0 Å². The largest absolute Gasteiger partial charge is 0.405 e. The SMILES string of the molecule is CN1CCC(C(=O)NCC(N2CCNCC2)C(F)(F)F)CC1.Cl.Cl. The van der Waals surface area contributed by atoms with Crippen molar-refractivity contribution in [1.29, 1.82) is 0 Å². The number of carbonyl (C=O) groups is 1. The molecule has 5 nitrogen and oxygen atoms in total. The predicted octanol–water partition coefficient (Wildman–Crippen LogP) is 1.12. The molecule has 2 saturated heterocycles. The van der Waals surface area contributed by atoms with Crippen LogP contribution in [0.1, 0.15) is 12.8 Å². The van der Waals surface area contributed by atoms with Gasteiger partial charge in [-0.05, 0) is 33.0 Å². The second-order valence-electron chi connectivity index (χ2n) is 6.17. The molecule has 144 valence electrons. The van der Waals surface area contributed by atoms with E-state index in [0.29, 0.717) is 39.0 Å². The zero-order valence-electron chi connectivity index (χ0n) is 13.8. The molecule has 0 aromatic carbocycles. The van der Waals surface area contributed by atoms with E-state index in [9.17, 15) is 18.0 Å². The van der Waals surface area contributed by atoms with Gasteiger partial charge < -0.3 is 15.5 Å². The Kier molecular flexibility index (Phi) is 10.5. The van der Waals surface area contributed by atoms with E-state index in [1.165, 1.54) is 4.90 Å². The van der Waals surface area contributed by atoms with E-state index in [-0.39, 0.29) is 43.2 Å². The number of halogens is 5. The molecule has 1 unspecified atom stereocenters. The van der Waals surface area contributed by atoms with Gasteiger partial charge in [0.15, 0.2) is 0 Å². The number of hydrogen-bond donors (Lipinski definition) is 2. The molecular formula is C14H27Cl2F3N4O. The van der Waals surface area contributed by atoms with Crippen LogP contribution in [-0.2, 0) is 4.79 Å². The lowest BCUT2D eigenvalue weighted by Gasteiger charge is -2.36. The molecular weight excluding hydrogens is 368 g/mol. The Morgan fingerprint density at radius 2 is 1.71 bits per heavy atom. The molecule has 1 atom stereocenters. The third-order valence-corrected chi connectivity index (χ3v) is 4.53. The van der Waals surface area contributed by atoms with E-state index < -0.39 is 12.2 Å². The first-order chi connectivity index (χ1) is 10.4. The average Bonchev–Trinajstić information content (AvgIpc) is 2.47. The number of nitrogens with one attached hydrogen (secondary N) is 2. The molecule has 0 bridgehead atoms. The first-order valence-corrected chi connectivity index (χ1v) is 7.85. The van der Waals surface area contributed by atoms with Gasteiger partial charge in [0.25, 0.3) is 0 Å². The molecule has 2 aliphatic heterocycles. The third kappa shape index (κ3) is 6.92. The van der Waals surface area contributed by atoms with Crippen LogP contribution in [0.3, 0.4) is 0 Å². The molecule has 2 heterocycles. The number of piperidine rings is 1. The van der Waals surface area contributed by atoms with Gasteiger partial charge in [-0.15, -0.1) is 24.8 Å². The quantitative estimate of drug-likeness (QED) is 0.750. The van der Waals surface area contributed by atoms with Crippen LogP contribution in [0.4, 0.5) is 13.2 Å². The number of nitrogens with zero attached hydrogens (tertiary/aromatic N) is 2. The Hall–Kier alpha value is -0.280. The summed E-state index contributed by atoms with van der Waals surface area (Å²) in [5.74, 6) is -0.398. The van der Waals surface area contributed by atoms with Gasteiger partial charge in [0.05, 0.1) is 0 Å². The molecule has 1 amide bonds. The highest BCUT2D eigenvalue weighted by Gasteiger charge is 2.44. The first-order valence-electron chi connectivity index (χ1n) is 7.85. The summed E-state index contributed by atoms with van der Waals surface area (Å²) in [5, 5.41) is 5.57. The Morgan fingerprint density at radius 3 is 2.21 bits per heavy atom.